The summed E-state index contributed by atoms with van der Waals surface area (Å²) in [6.07, 6.45) is 13.0. The van der Waals surface area contributed by atoms with Gasteiger partial charge in [0.2, 0.25) is 0 Å². The Hall–Kier alpha value is -5.80. The highest BCUT2D eigenvalue weighted by Gasteiger charge is 2.45. The first-order valence-corrected chi connectivity index (χ1v) is 28.2. The van der Waals surface area contributed by atoms with Gasteiger partial charge in [0.25, 0.3) is 6.71 Å². The Bertz CT molecular complexity index is 2940. The van der Waals surface area contributed by atoms with Crippen LogP contribution in [-0.2, 0) is 21.7 Å². The van der Waals surface area contributed by atoms with Gasteiger partial charge in [0.15, 0.2) is 0 Å². The molecule has 2 aliphatic heterocycles. The number of hydrogen-bond acceptors (Lipinski definition) is 2. The Balaban J connectivity index is 1.26. The average molecular weight is 961 g/mol. The molecule has 0 bridgehead atoms. The second-order valence-electron chi connectivity index (χ2n) is 26.8. The topological polar surface area (TPSA) is 6.48 Å². The van der Waals surface area contributed by atoms with Gasteiger partial charge in [0.05, 0.1) is 0 Å². The minimum atomic E-state index is -0.0442. The summed E-state index contributed by atoms with van der Waals surface area (Å²) in [7, 11) is 0. The summed E-state index contributed by atoms with van der Waals surface area (Å²) in [4.78, 5) is 5.46. The van der Waals surface area contributed by atoms with Crippen LogP contribution in [0.25, 0.3) is 22.3 Å². The largest absolute Gasteiger partial charge is 0.311 e. The van der Waals surface area contributed by atoms with Crippen LogP contribution in [0.2, 0.25) is 0 Å². The number of fused-ring (bicyclic) bond motifs is 4. The molecule has 4 aliphatic rings. The average Bonchev–Trinajstić information content (AvgIpc) is 3.37. The summed E-state index contributed by atoms with van der Waals surface area (Å²) in [6.45, 7) is 28.7. The van der Waals surface area contributed by atoms with Crippen LogP contribution in [0.3, 0.4) is 0 Å². The van der Waals surface area contributed by atoms with Crippen molar-refractivity contribution in [2.45, 2.75) is 181 Å². The number of anilines is 6. The van der Waals surface area contributed by atoms with Crippen molar-refractivity contribution < 1.29 is 0 Å². The van der Waals surface area contributed by atoms with Crippen molar-refractivity contribution in [1.29, 1.82) is 0 Å². The molecule has 2 saturated carbocycles. The smallest absolute Gasteiger partial charge is 0.252 e. The molecule has 0 saturated heterocycles. The first-order valence-electron chi connectivity index (χ1n) is 28.2. The molecule has 11 rings (SSSR count). The van der Waals surface area contributed by atoms with E-state index in [0.717, 1.165) is 0 Å². The molecule has 3 heteroatoms. The third-order valence-corrected chi connectivity index (χ3v) is 17.4. The zero-order valence-corrected chi connectivity index (χ0v) is 46.5. The van der Waals surface area contributed by atoms with Gasteiger partial charge in [-0.3, -0.25) is 0 Å². The van der Waals surface area contributed by atoms with Crippen LogP contribution in [-0.4, -0.2) is 6.71 Å². The summed E-state index contributed by atoms with van der Waals surface area (Å²) < 4.78 is 0. The lowest BCUT2D eigenvalue weighted by Crippen LogP contribution is -2.61. The van der Waals surface area contributed by atoms with Gasteiger partial charge in [-0.1, -0.05) is 213 Å². The van der Waals surface area contributed by atoms with Gasteiger partial charge in [-0.25, -0.2) is 0 Å². The lowest BCUT2D eigenvalue weighted by molar-refractivity contribution is 0.444. The van der Waals surface area contributed by atoms with E-state index < -0.39 is 0 Å². The van der Waals surface area contributed by atoms with Crippen LogP contribution in [0.15, 0.2) is 140 Å². The van der Waals surface area contributed by atoms with E-state index in [1.807, 2.05) is 0 Å². The van der Waals surface area contributed by atoms with Gasteiger partial charge in [0.1, 0.15) is 0 Å². The molecule has 0 amide bonds. The molecule has 2 fully saturated rings. The van der Waals surface area contributed by atoms with Crippen molar-refractivity contribution in [2.24, 2.45) is 0 Å². The van der Waals surface area contributed by atoms with Crippen LogP contribution in [0.4, 0.5) is 34.1 Å². The Morgan fingerprint density at radius 3 is 1.07 bits per heavy atom. The zero-order chi connectivity index (χ0) is 51.2. The highest BCUT2D eigenvalue weighted by atomic mass is 15.2. The highest BCUT2D eigenvalue weighted by Crippen LogP contribution is 2.50. The van der Waals surface area contributed by atoms with Crippen molar-refractivity contribution in [3.05, 3.63) is 173 Å². The van der Waals surface area contributed by atoms with E-state index in [1.54, 1.807) is 0 Å². The van der Waals surface area contributed by atoms with Gasteiger partial charge in [-0.15, -0.1) is 0 Å². The van der Waals surface area contributed by atoms with Gasteiger partial charge in [-0.05, 0) is 180 Å². The van der Waals surface area contributed by atoms with E-state index in [4.69, 9.17) is 0 Å². The van der Waals surface area contributed by atoms with Crippen LogP contribution < -0.4 is 26.2 Å². The molecule has 7 aromatic carbocycles. The predicted octanol–water partition coefficient (Wildman–Crippen LogP) is 18.4. The SMILES string of the molecule is CC(C)(C)c1cc(N2c3cc(C4CCCCC4)ccc3B3c4ccc(C5CCCCC5)cc4N(c4cc(C(C)(C)C)cc(C(C)(C)C)c4)c4cc(-c5ccc(-c6ccccc6)cc5)cc2c43)cc(C(C)(C)C)c1. The fraction of sp³-hybridized carbons (Fsp3) is 0.400. The monoisotopic (exact) mass is 961 g/mol. The summed E-state index contributed by atoms with van der Waals surface area (Å²) >= 11 is 0. The van der Waals surface area contributed by atoms with Crippen molar-refractivity contribution in [3.8, 4) is 22.3 Å². The molecule has 7 aromatic rings. The minimum absolute atomic E-state index is 0.0442. The maximum Gasteiger partial charge on any atom is 0.252 e. The van der Waals surface area contributed by atoms with Crippen LogP contribution in [0.5, 0.6) is 0 Å². The van der Waals surface area contributed by atoms with Gasteiger partial charge in [-0.2, -0.15) is 0 Å². The van der Waals surface area contributed by atoms with Crippen LogP contribution >= 0.6 is 0 Å². The Morgan fingerprint density at radius 2 is 0.699 bits per heavy atom. The van der Waals surface area contributed by atoms with Gasteiger partial charge < -0.3 is 9.80 Å². The molecular formula is C70H81BN2. The number of benzene rings is 7. The first kappa shape index (κ1) is 49.4. The standard InChI is InChI=1S/C70H81BN2/c1-67(2,3)54-40-55(68(4,5)6)43-58(42-54)72-62-36-51(47-24-18-14-19-25-47)32-34-60(62)71-61-35-33-52(48-26-20-15-21-27-48)37-63(61)73(59-44-56(69(7,8)9)41-57(45-59)70(10,11)12)65-39-53(38-64(72)66(65)71)50-30-28-49(29-31-50)46-22-16-13-17-23-46/h13,16-17,22-23,28-45,47-48H,14-15,18-21,24-27H2,1-12H3. The molecule has 0 radical (unpaired) electrons. The lowest BCUT2D eigenvalue weighted by Gasteiger charge is -2.45. The molecule has 0 N–H and O–H groups in total. The van der Waals surface area contributed by atoms with Crippen molar-refractivity contribution in [2.75, 3.05) is 9.80 Å². The maximum absolute atomic E-state index is 2.73. The third kappa shape index (κ3) is 9.42. The minimum Gasteiger partial charge on any atom is -0.311 e. The number of hydrogen-bond donors (Lipinski definition) is 0. The number of nitrogens with zero attached hydrogens (tertiary/aromatic N) is 2. The second kappa shape index (κ2) is 18.5. The molecular weight excluding hydrogens is 880 g/mol. The van der Waals surface area contributed by atoms with E-state index in [0.29, 0.717) is 11.8 Å². The normalized spacial score (nSPS) is 16.6. The van der Waals surface area contributed by atoms with Crippen molar-refractivity contribution in [1.82, 2.24) is 0 Å². The molecule has 0 unspecified atom stereocenters. The van der Waals surface area contributed by atoms with E-state index in [-0.39, 0.29) is 28.4 Å². The molecule has 0 atom stereocenters. The van der Waals surface area contributed by atoms with E-state index in [9.17, 15) is 0 Å². The quantitative estimate of drug-likeness (QED) is 0.153. The van der Waals surface area contributed by atoms with Gasteiger partial charge >= 0.3 is 0 Å². The molecule has 374 valence electrons. The molecule has 73 heavy (non-hydrogen) atoms. The number of rotatable bonds is 6. The summed E-state index contributed by atoms with van der Waals surface area (Å²) in [5.41, 5.74) is 25.3. The summed E-state index contributed by atoms with van der Waals surface area (Å²) in [6, 6.07) is 56.1. The van der Waals surface area contributed by atoms with Crippen LogP contribution in [0, 0.1) is 0 Å². The molecule has 2 heterocycles. The predicted molar refractivity (Wildman–Crippen MR) is 318 cm³/mol. The van der Waals surface area contributed by atoms with Crippen LogP contribution in [0.1, 0.15) is 193 Å². The van der Waals surface area contributed by atoms with Crippen molar-refractivity contribution >= 4 is 57.2 Å². The first-order chi connectivity index (χ1) is 34.7. The lowest BCUT2D eigenvalue weighted by atomic mass is 9.33. The summed E-state index contributed by atoms with van der Waals surface area (Å²) in [5.74, 6) is 1.16. The van der Waals surface area contributed by atoms with E-state index >= 15 is 0 Å². The molecule has 0 aromatic heterocycles. The Morgan fingerprint density at radius 1 is 0.342 bits per heavy atom. The summed E-state index contributed by atoms with van der Waals surface area (Å²) in [5, 5.41) is 0. The molecule has 2 aliphatic carbocycles. The molecule has 2 nitrogen and oxygen atoms in total. The molecule has 0 spiro atoms. The van der Waals surface area contributed by atoms with E-state index in [2.05, 4.69) is 232 Å². The maximum atomic E-state index is 2.73. The fourth-order valence-corrected chi connectivity index (χ4v) is 12.8. The Labute approximate surface area is 440 Å². The second-order valence-corrected chi connectivity index (χ2v) is 26.8. The highest BCUT2D eigenvalue weighted by molar-refractivity contribution is 7.00. The zero-order valence-electron chi connectivity index (χ0n) is 46.5. The fourth-order valence-electron chi connectivity index (χ4n) is 12.8. The van der Waals surface area contributed by atoms with Crippen molar-refractivity contribution in [3.63, 3.8) is 0 Å². The Kier molecular flexibility index (Phi) is 12.6. The third-order valence-electron chi connectivity index (χ3n) is 17.4. The van der Waals surface area contributed by atoms with E-state index in [1.165, 1.54) is 170 Å². The van der Waals surface area contributed by atoms with Gasteiger partial charge in [0, 0.05) is 34.1 Å².